The van der Waals surface area contributed by atoms with Gasteiger partial charge in [0.25, 0.3) is 11.5 Å². The van der Waals surface area contributed by atoms with E-state index in [0.717, 1.165) is 11.1 Å². The lowest BCUT2D eigenvalue weighted by Crippen LogP contribution is -2.28. The Morgan fingerprint density at radius 1 is 1.21 bits per heavy atom. The number of H-pyrrole nitrogens is 2. The van der Waals surface area contributed by atoms with E-state index in [4.69, 9.17) is 17.0 Å². The second-order valence-corrected chi connectivity index (χ2v) is 6.86. The number of aromatic nitrogens is 2. The Balaban J connectivity index is 1.50. The molecule has 1 aliphatic rings. The quantitative estimate of drug-likeness (QED) is 0.397. The van der Waals surface area contributed by atoms with Crippen molar-refractivity contribution in [3.05, 3.63) is 85.9 Å². The van der Waals surface area contributed by atoms with Gasteiger partial charge in [-0.05, 0) is 36.0 Å². The van der Waals surface area contributed by atoms with E-state index in [9.17, 15) is 14.7 Å². The van der Waals surface area contributed by atoms with Gasteiger partial charge in [0.2, 0.25) is 5.88 Å². The molecule has 0 aliphatic carbocycles. The number of hydrogen-bond acceptors (Lipinski definition) is 5. The number of carbonyl (C=O) groups excluding carboxylic acids is 1. The van der Waals surface area contributed by atoms with Crippen molar-refractivity contribution < 1.29 is 14.6 Å². The van der Waals surface area contributed by atoms with Gasteiger partial charge < -0.3 is 20.1 Å². The fourth-order valence-electron chi connectivity index (χ4n) is 3.08. The van der Waals surface area contributed by atoms with Crippen molar-refractivity contribution in [2.24, 2.45) is 0 Å². The summed E-state index contributed by atoms with van der Waals surface area (Å²) < 4.78 is 5.91. The first-order chi connectivity index (χ1) is 13.5. The second kappa shape index (κ2) is 7.41. The molecule has 28 heavy (non-hydrogen) atoms. The van der Waals surface area contributed by atoms with Crippen LogP contribution in [0.3, 0.4) is 0 Å². The average molecular weight is 395 g/mol. The number of nitrogens with one attached hydrogen (secondary N) is 3. The number of carbonyl (C=O) groups is 1. The molecule has 0 fully saturated rings. The Morgan fingerprint density at radius 3 is 2.79 bits per heavy atom. The van der Waals surface area contributed by atoms with Crippen LogP contribution in [0.2, 0.25) is 0 Å². The maximum atomic E-state index is 12.5. The van der Waals surface area contributed by atoms with Gasteiger partial charge in [-0.2, -0.15) is 0 Å². The highest BCUT2D eigenvalue weighted by Crippen LogP contribution is 2.33. The molecule has 4 N–H and O–H groups in total. The molecule has 142 valence electrons. The van der Waals surface area contributed by atoms with Crippen molar-refractivity contribution >= 4 is 18.1 Å². The van der Waals surface area contributed by atoms with Crippen molar-refractivity contribution in [3.8, 4) is 11.6 Å². The summed E-state index contributed by atoms with van der Waals surface area (Å²) in [6, 6.07) is 14.1. The van der Waals surface area contributed by atoms with Gasteiger partial charge in [-0.15, -0.1) is 0 Å². The number of aromatic amines is 2. The molecular formula is C20H17N3O4S. The van der Waals surface area contributed by atoms with E-state index in [0.29, 0.717) is 29.2 Å². The van der Waals surface area contributed by atoms with Gasteiger partial charge in [-0.25, -0.2) is 0 Å². The number of benzene rings is 2. The van der Waals surface area contributed by atoms with E-state index in [1.165, 1.54) is 0 Å². The fraction of sp³-hybridized carbons (Fsp3) is 0.150. The largest absolute Gasteiger partial charge is 0.440 e. The summed E-state index contributed by atoms with van der Waals surface area (Å²) in [5.74, 6) is 0.569. The van der Waals surface area contributed by atoms with Crippen LogP contribution in [0, 0.1) is 4.77 Å². The Hall–Kier alpha value is -3.23. The van der Waals surface area contributed by atoms with Gasteiger partial charge in [-0.1, -0.05) is 30.3 Å². The molecule has 1 aromatic heterocycles. The topological polar surface area (TPSA) is 107 Å². The highest BCUT2D eigenvalue weighted by Gasteiger charge is 2.22. The molecule has 1 unspecified atom stereocenters. The van der Waals surface area contributed by atoms with Gasteiger partial charge >= 0.3 is 0 Å². The number of hydrogen-bond donors (Lipinski definition) is 4. The zero-order valence-electron chi connectivity index (χ0n) is 14.7. The molecule has 4 rings (SSSR count). The minimum atomic E-state index is -0.792. The highest BCUT2D eigenvalue weighted by molar-refractivity contribution is 7.71. The van der Waals surface area contributed by atoms with Crippen molar-refractivity contribution in [2.75, 3.05) is 6.54 Å². The third-order valence-electron chi connectivity index (χ3n) is 4.54. The number of amides is 1. The first-order valence-corrected chi connectivity index (χ1v) is 9.09. The Kier molecular flexibility index (Phi) is 4.81. The number of rotatable bonds is 4. The predicted molar refractivity (Wildman–Crippen MR) is 105 cm³/mol. The lowest BCUT2D eigenvalue weighted by molar-refractivity contribution is 0.0916. The van der Waals surface area contributed by atoms with E-state index >= 15 is 0 Å². The zero-order valence-corrected chi connectivity index (χ0v) is 15.5. The maximum absolute atomic E-state index is 12.5. The maximum Gasteiger partial charge on any atom is 0.259 e. The molecular weight excluding hydrogens is 378 g/mol. The van der Waals surface area contributed by atoms with Crippen LogP contribution in [0.25, 0.3) is 0 Å². The van der Waals surface area contributed by atoms with Crippen LogP contribution in [0.1, 0.15) is 33.2 Å². The molecule has 1 amide bonds. The molecule has 1 atom stereocenters. The molecule has 2 aromatic carbocycles. The lowest BCUT2D eigenvalue weighted by atomic mass is 10.0. The number of fused-ring (bicyclic) bond motifs is 2. The normalized spacial score (nSPS) is 13.0. The van der Waals surface area contributed by atoms with Crippen molar-refractivity contribution in [1.82, 2.24) is 15.3 Å². The average Bonchev–Trinajstić information content (AvgIpc) is 2.70. The lowest BCUT2D eigenvalue weighted by Gasteiger charge is -2.19. The zero-order chi connectivity index (χ0) is 19.7. The van der Waals surface area contributed by atoms with E-state index in [1.807, 2.05) is 18.2 Å². The smallest absolute Gasteiger partial charge is 0.259 e. The second-order valence-electron chi connectivity index (χ2n) is 6.45. The highest BCUT2D eigenvalue weighted by atomic mass is 32.1. The summed E-state index contributed by atoms with van der Waals surface area (Å²) in [6.45, 7) is 0.0928. The third-order valence-corrected chi connectivity index (χ3v) is 4.75. The van der Waals surface area contributed by atoms with Crippen LogP contribution in [0.15, 0.2) is 53.3 Å². The number of ether oxygens (including phenoxy) is 1. The fourth-order valence-corrected chi connectivity index (χ4v) is 3.27. The van der Waals surface area contributed by atoms with Gasteiger partial charge in [0, 0.05) is 24.1 Å². The summed E-state index contributed by atoms with van der Waals surface area (Å²) in [5, 5.41) is 12.9. The monoisotopic (exact) mass is 395 g/mol. The van der Waals surface area contributed by atoms with Crippen LogP contribution < -0.4 is 15.6 Å². The van der Waals surface area contributed by atoms with Crippen molar-refractivity contribution in [2.45, 2.75) is 12.5 Å². The molecule has 2 heterocycles. The molecule has 7 nitrogen and oxygen atoms in total. The molecule has 0 saturated carbocycles. The van der Waals surface area contributed by atoms with E-state index in [-0.39, 0.29) is 22.8 Å². The first kappa shape index (κ1) is 18.1. The molecule has 3 aromatic rings. The summed E-state index contributed by atoms with van der Waals surface area (Å²) >= 11 is 4.96. The molecule has 0 bridgehead atoms. The summed E-state index contributed by atoms with van der Waals surface area (Å²) in [6.07, 6.45) is -0.473. The van der Waals surface area contributed by atoms with Crippen LogP contribution in [0.5, 0.6) is 11.6 Å². The standard InChI is InChI=1S/C20H17N3O4S/c24-15(11-4-2-1-3-5-11)10-21-17(25)12-6-7-16-13(8-12)9-14-18(26)22-20(28)23-19(14)27-16/h1-8,15,24H,9-10H2,(H,21,25)(H2,22,23,26,28). The minimum Gasteiger partial charge on any atom is -0.440 e. The van der Waals surface area contributed by atoms with Crippen LogP contribution in [-0.4, -0.2) is 27.5 Å². The van der Waals surface area contributed by atoms with Gasteiger partial charge in [0.1, 0.15) is 5.75 Å². The first-order valence-electron chi connectivity index (χ1n) is 8.69. The predicted octanol–water partition coefficient (Wildman–Crippen LogP) is 2.59. The third kappa shape index (κ3) is 3.60. The molecule has 0 radical (unpaired) electrons. The number of aliphatic hydroxyl groups excluding tert-OH is 1. The van der Waals surface area contributed by atoms with Crippen LogP contribution in [0.4, 0.5) is 0 Å². The summed E-state index contributed by atoms with van der Waals surface area (Å²) in [4.78, 5) is 29.9. The summed E-state index contributed by atoms with van der Waals surface area (Å²) in [7, 11) is 0. The Labute approximate surface area is 165 Å². The molecule has 8 heteroatoms. The van der Waals surface area contributed by atoms with E-state index in [2.05, 4.69) is 15.3 Å². The SMILES string of the molecule is O=C(NCC(O)c1ccccc1)c1ccc2c(c1)Cc1c([nH]c(=S)[nH]c1=O)O2. The molecule has 1 aliphatic heterocycles. The van der Waals surface area contributed by atoms with Crippen molar-refractivity contribution in [1.29, 1.82) is 0 Å². The Morgan fingerprint density at radius 2 is 2.00 bits per heavy atom. The molecule has 0 spiro atoms. The van der Waals surface area contributed by atoms with Crippen LogP contribution in [-0.2, 0) is 6.42 Å². The van der Waals surface area contributed by atoms with Gasteiger partial charge in [0.15, 0.2) is 4.77 Å². The van der Waals surface area contributed by atoms with E-state index in [1.54, 1.807) is 30.3 Å². The van der Waals surface area contributed by atoms with Crippen LogP contribution >= 0.6 is 12.2 Å². The van der Waals surface area contributed by atoms with E-state index < -0.39 is 6.10 Å². The van der Waals surface area contributed by atoms with Crippen molar-refractivity contribution in [3.63, 3.8) is 0 Å². The Bertz CT molecular complexity index is 1150. The van der Waals surface area contributed by atoms with Gasteiger partial charge in [0.05, 0.1) is 11.7 Å². The molecule has 0 saturated heterocycles. The number of aliphatic hydroxyl groups is 1. The minimum absolute atomic E-state index is 0.0928. The van der Waals surface area contributed by atoms with Gasteiger partial charge in [-0.3, -0.25) is 14.6 Å². The summed E-state index contributed by atoms with van der Waals surface area (Å²) in [5.41, 5.74) is 1.99.